The fraction of sp³-hybridized carbons (Fsp3) is 0.611. The average Bonchev–Trinajstić information content (AvgIpc) is 3.06. The van der Waals surface area contributed by atoms with E-state index in [1.54, 1.807) is 19.2 Å². The normalized spacial score (nSPS) is 12.3. The van der Waals surface area contributed by atoms with Crippen LogP contribution in [0, 0.1) is 0 Å². The Morgan fingerprint density at radius 1 is 1.11 bits per heavy atom. The van der Waals surface area contributed by atoms with Gasteiger partial charge in [0.1, 0.15) is 5.60 Å². The number of furan rings is 1. The van der Waals surface area contributed by atoms with Gasteiger partial charge in [0.15, 0.2) is 11.7 Å². The summed E-state index contributed by atoms with van der Waals surface area (Å²) in [5.74, 6) is 0.557. The monoisotopic (exact) mass is 381 g/mol. The minimum absolute atomic E-state index is 0.271. The molecule has 1 rings (SSSR count). The molecule has 0 radical (unpaired) electrons. The third-order valence-corrected chi connectivity index (χ3v) is 3.21. The number of hydrogen-bond acceptors (Lipinski definition) is 5. The lowest BCUT2D eigenvalue weighted by atomic mass is 10.1. The van der Waals surface area contributed by atoms with Crippen molar-refractivity contribution in [3.63, 3.8) is 0 Å². The van der Waals surface area contributed by atoms with Crippen LogP contribution in [0.5, 0.6) is 0 Å². The number of guanidine groups is 1. The van der Waals surface area contributed by atoms with Gasteiger partial charge in [-0.25, -0.2) is 4.79 Å². The smallest absolute Gasteiger partial charge is 0.408 e. The highest BCUT2D eigenvalue weighted by Gasteiger charge is 2.24. The van der Waals surface area contributed by atoms with Crippen LogP contribution >= 0.6 is 0 Å². The van der Waals surface area contributed by atoms with Crippen LogP contribution in [0.3, 0.4) is 0 Å². The van der Waals surface area contributed by atoms with Crippen molar-refractivity contribution in [1.82, 2.24) is 21.3 Å². The third kappa shape index (κ3) is 9.53. The molecule has 0 aliphatic heterocycles. The summed E-state index contributed by atoms with van der Waals surface area (Å²) in [6, 6.07) is 3.26. The Kier molecular flexibility index (Phi) is 8.14. The topological polar surface area (TPSA) is 117 Å². The van der Waals surface area contributed by atoms with Crippen molar-refractivity contribution in [1.29, 1.82) is 0 Å². The zero-order chi connectivity index (χ0) is 20.5. The lowest BCUT2D eigenvalue weighted by Crippen LogP contribution is -2.54. The van der Waals surface area contributed by atoms with Crippen molar-refractivity contribution < 1.29 is 18.7 Å². The number of aliphatic imine (C=N–C) groups is 1. The molecule has 9 nitrogen and oxygen atoms in total. The molecule has 0 bridgehead atoms. The molecule has 0 aliphatic carbocycles. The zero-order valence-electron chi connectivity index (χ0n) is 16.9. The summed E-state index contributed by atoms with van der Waals surface area (Å²) in [7, 11) is 1.64. The first-order valence-electron chi connectivity index (χ1n) is 8.80. The molecule has 0 spiro atoms. The maximum atomic E-state index is 11.9. The zero-order valence-corrected chi connectivity index (χ0v) is 16.9. The van der Waals surface area contributed by atoms with Crippen molar-refractivity contribution in [2.45, 2.75) is 45.8 Å². The minimum atomic E-state index is -0.550. The Balaban J connectivity index is 2.32. The summed E-state index contributed by atoms with van der Waals surface area (Å²) in [4.78, 5) is 27.8. The summed E-state index contributed by atoms with van der Waals surface area (Å²) in [6.07, 6.45) is 0.976. The average molecular weight is 381 g/mol. The maximum Gasteiger partial charge on any atom is 0.408 e. The second kappa shape index (κ2) is 9.84. The molecule has 27 heavy (non-hydrogen) atoms. The number of carbonyl (C=O) groups excluding carboxylic acids is 2. The van der Waals surface area contributed by atoms with Gasteiger partial charge in [-0.05, 0) is 46.8 Å². The number of carbonyl (C=O) groups is 2. The van der Waals surface area contributed by atoms with E-state index in [2.05, 4.69) is 26.3 Å². The van der Waals surface area contributed by atoms with Gasteiger partial charge in [-0.3, -0.25) is 9.79 Å². The lowest BCUT2D eigenvalue weighted by molar-refractivity contribution is 0.0473. The largest absolute Gasteiger partial charge is 0.459 e. The van der Waals surface area contributed by atoms with Gasteiger partial charge >= 0.3 is 6.09 Å². The molecule has 0 aromatic carbocycles. The summed E-state index contributed by atoms with van der Waals surface area (Å²) < 4.78 is 10.3. The minimum Gasteiger partial charge on any atom is -0.459 e. The van der Waals surface area contributed by atoms with Crippen molar-refractivity contribution in [2.24, 2.45) is 4.99 Å². The van der Waals surface area contributed by atoms with Crippen LogP contribution in [0.15, 0.2) is 27.8 Å². The van der Waals surface area contributed by atoms with E-state index in [1.807, 2.05) is 34.6 Å². The predicted molar refractivity (Wildman–Crippen MR) is 104 cm³/mol. The van der Waals surface area contributed by atoms with Crippen LogP contribution in [-0.2, 0) is 4.74 Å². The predicted octanol–water partition coefficient (Wildman–Crippen LogP) is 1.48. The van der Waals surface area contributed by atoms with Crippen LogP contribution in [0.25, 0.3) is 0 Å². The van der Waals surface area contributed by atoms with E-state index >= 15 is 0 Å². The fourth-order valence-electron chi connectivity index (χ4n) is 2.00. The van der Waals surface area contributed by atoms with E-state index in [9.17, 15) is 9.59 Å². The summed E-state index contributed by atoms with van der Waals surface area (Å²) in [6.45, 7) is 10.5. The molecule has 1 aromatic rings. The molecular weight excluding hydrogens is 350 g/mol. The van der Waals surface area contributed by atoms with Gasteiger partial charge in [0.25, 0.3) is 5.91 Å². The highest BCUT2D eigenvalue weighted by atomic mass is 16.6. The summed E-state index contributed by atoms with van der Waals surface area (Å²) >= 11 is 0. The standard InChI is InChI=1S/C18H31N5O4/c1-17(2,3)27-16(25)23-18(4,5)12-22-15(19-6)21-10-9-20-14(24)13-8-7-11-26-13/h7-8,11H,9-10,12H2,1-6H3,(H,20,24)(H,23,25)(H2,19,21,22). The van der Waals surface area contributed by atoms with Crippen LogP contribution in [0.4, 0.5) is 4.79 Å². The molecule has 2 amide bonds. The van der Waals surface area contributed by atoms with Gasteiger partial charge in [-0.2, -0.15) is 0 Å². The molecule has 1 heterocycles. The number of rotatable bonds is 7. The number of nitrogens with one attached hydrogen (secondary N) is 4. The molecule has 4 N–H and O–H groups in total. The third-order valence-electron chi connectivity index (χ3n) is 3.21. The van der Waals surface area contributed by atoms with Crippen molar-refractivity contribution in [3.8, 4) is 0 Å². The fourth-order valence-corrected chi connectivity index (χ4v) is 2.00. The molecule has 1 aromatic heterocycles. The van der Waals surface area contributed by atoms with Crippen molar-refractivity contribution in [3.05, 3.63) is 24.2 Å². The number of amides is 2. The van der Waals surface area contributed by atoms with E-state index in [4.69, 9.17) is 9.15 Å². The molecule has 0 atom stereocenters. The maximum absolute atomic E-state index is 11.9. The molecule has 9 heteroatoms. The molecule has 0 aliphatic rings. The number of ether oxygens (including phenoxy) is 1. The molecule has 0 saturated heterocycles. The van der Waals surface area contributed by atoms with Crippen molar-refractivity contribution in [2.75, 3.05) is 26.7 Å². The van der Waals surface area contributed by atoms with Gasteiger partial charge in [-0.15, -0.1) is 0 Å². The van der Waals surface area contributed by atoms with Gasteiger partial charge in [0, 0.05) is 26.7 Å². The molecule has 0 fully saturated rings. The molecule has 0 saturated carbocycles. The molecule has 0 unspecified atom stereocenters. The Labute approximate surface area is 160 Å². The first-order chi connectivity index (χ1) is 12.5. The van der Waals surface area contributed by atoms with Gasteiger partial charge in [0.2, 0.25) is 0 Å². The lowest BCUT2D eigenvalue weighted by Gasteiger charge is -2.29. The second-order valence-electron chi connectivity index (χ2n) is 7.60. The van der Waals surface area contributed by atoms with Crippen LogP contribution < -0.4 is 21.3 Å². The van der Waals surface area contributed by atoms with Gasteiger partial charge in [-0.1, -0.05) is 0 Å². The van der Waals surface area contributed by atoms with E-state index in [0.29, 0.717) is 25.6 Å². The first-order valence-corrected chi connectivity index (χ1v) is 8.80. The van der Waals surface area contributed by atoms with E-state index < -0.39 is 17.2 Å². The number of alkyl carbamates (subject to hydrolysis) is 1. The van der Waals surface area contributed by atoms with Crippen LogP contribution in [0.2, 0.25) is 0 Å². The van der Waals surface area contributed by atoms with Crippen molar-refractivity contribution >= 4 is 18.0 Å². The van der Waals surface area contributed by atoms with E-state index in [1.165, 1.54) is 6.26 Å². The first kappa shape index (κ1) is 22.3. The van der Waals surface area contributed by atoms with Gasteiger partial charge < -0.3 is 30.4 Å². The second-order valence-corrected chi connectivity index (χ2v) is 7.60. The number of hydrogen-bond donors (Lipinski definition) is 4. The van der Waals surface area contributed by atoms with Crippen LogP contribution in [0.1, 0.15) is 45.2 Å². The number of nitrogens with zero attached hydrogens (tertiary/aromatic N) is 1. The summed E-state index contributed by atoms with van der Waals surface area (Å²) in [5.41, 5.74) is -1.10. The van der Waals surface area contributed by atoms with E-state index in [0.717, 1.165) is 0 Å². The molecule has 152 valence electrons. The quantitative estimate of drug-likeness (QED) is 0.323. The highest BCUT2D eigenvalue weighted by molar-refractivity contribution is 5.91. The summed E-state index contributed by atoms with van der Waals surface area (Å²) in [5, 5.41) is 11.8. The van der Waals surface area contributed by atoms with E-state index in [-0.39, 0.29) is 11.7 Å². The Morgan fingerprint density at radius 3 is 2.33 bits per heavy atom. The van der Waals surface area contributed by atoms with Gasteiger partial charge in [0.05, 0.1) is 11.8 Å². The Hall–Kier alpha value is -2.71. The SMILES string of the molecule is CN=C(NCCNC(=O)c1ccco1)NCC(C)(C)NC(=O)OC(C)(C)C. The molecular formula is C18H31N5O4. The highest BCUT2D eigenvalue weighted by Crippen LogP contribution is 2.09. The Bertz CT molecular complexity index is 633. The van der Waals surface area contributed by atoms with Crippen LogP contribution in [-0.4, -0.2) is 55.8 Å². The Morgan fingerprint density at radius 2 is 1.78 bits per heavy atom.